The van der Waals surface area contributed by atoms with Crippen molar-refractivity contribution in [3.63, 3.8) is 0 Å². The molecule has 0 aliphatic carbocycles. The zero-order valence-corrected chi connectivity index (χ0v) is 42.9. The first-order valence-corrected chi connectivity index (χ1v) is 26.2. The first-order valence-electron chi connectivity index (χ1n) is 23.3. The normalized spacial score (nSPS) is 11.6. The van der Waals surface area contributed by atoms with Gasteiger partial charge in [-0.3, -0.25) is 14.8 Å². The van der Waals surface area contributed by atoms with E-state index in [0.29, 0.717) is 11.3 Å². The van der Waals surface area contributed by atoms with Crippen LogP contribution in [-0.2, 0) is 39.1 Å². The molecular formula is C61H60N4O8S2. The van der Waals surface area contributed by atoms with Gasteiger partial charge in [0.05, 0.1) is 41.5 Å². The summed E-state index contributed by atoms with van der Waals surface area (Å²) >= 11 is 0. The number of aryl methyl sites for hydroxylation is 2. The van der Waals surface area contributed by atoms with E-state index in [1.807, 2.05) is 159 Å². The molecule has 0 fully saturated rings. The number of aliphatic imine (C=N–C) groups is 2. The highest BCUT2D eigenvalue weighted by molar-refractivity contribution is 7.90. The summed E-state index contributed by atoms with van der Waals surface area (Å²) in [5, 5.41) is 0. The lowest BCUT2D eigenvalue weighted by molar-refractivity contribution is -0.142. The van der Waals surface area contributed by atoms with E-state index < -0.39 is 38.1 Å². The number of rotatable bonds is 16. The number of methoxy groups -OCH3 is 2. The summed E-state index contributed by atoms with van der Waals surface area (Å²) in [6, 6.07) is 67.5. The molecule has 0 saturated heterocycles. The Morgan fingerprint density at radius 2 is 0.893 bits per heavy atom. The highest BCUT2D eigenvalue weighted by Gasteiger charge is 2.35. The lowest BCUT2D eigenvalue weighted by atomic mass is 9.98. The lowest BCUT2D eigenvalue weighted by Crippen LogP contribution is -2.40. The highest BCUT2D eigenvalue weighted by atomic mass is 32.2. The molecular weight excluding hydrogens is 981 g/mol. The third-order valence-corrected chi connectivity index (χ3v) is 13.7. The van der Waals surface area contributed by atoms with E-state index in [9.17, 15) is 26.4 Å². The summed E-state index contributed by atoms with van der Waals surface area (Å²) in [7, 11) is -4.98. The van der Waals surface area contributed by atoms with E-state index >= 15 is 0 Å². The molecule has 0 bridgehead atoms. The van der Waals surface area contributed by atoms with Crippen LogP contribution in [0.4, 0.5) is 0 Å². The zero-order valence-electron chi connectivity index (χ0n) is 41.3. The zero-order chi connectivity index (χ0) is 52.8. The van der Waals surface area contributed by atoms with Gasteiger partial charge in [0.25, 0.3) is 10.0 Å². The molecule has 0 amide bonds. The summed E-state index contributed by atoms with van der Waals surface area (Å²) in [4.78, 5) is 34.0. The van der Waals surface area contributed by atoms with Gasteiger partial charge in [-0.1, -0.05) is 225 Å². The Hall–Kier alpha value is -8.43. The number of carbonyl (C=O) groups excluding carboxylic acids is 2. The van der Waals surface area contributed by atoms with E-state index in [4.69, 9.17) is 9.73 Å². The third-order valence-electron chi connectivity index (χ3n) is 11.0. The van der Waals surface area contributed by atoms with Crippen LogP contribution in [0.5, 0.6) is 0 Å². The molecule has 0 saturated carbocycles. The molecule has 0 radical (unpaired) electrons. The van der Waals surface area contributed by atoms with Crippen LogP contribution in [0.15, 0.2) is 255 Å². The lowest BCUT2D eigenvalue weighted by Gasteiger charge is -2.25. The maximum absolute atomic E-state index is 13.5. The predicted octanol–water partition coefficient (Wildman–Crippen LogP) is 11.2. The van der Waals surface area contributed by atoms with Crippen LogP contribution in [0.25, 0.3) is 0 Å². The topological polar surface area (TPSA) is 170 Å². The van der Waals surface area contributed by atoms with Gasteiger partial charge in [0.2, 0.25) is 10.0 Å². The summed E-state index contributed by atoms with van der Waals surface area (Å²) in [6.45, 7) is 3.81. The maximum Gasteiger partial charge on any atom is 0.332 e. The molecule has 1 N–H and O–H groups in total. The second-order valence-electron chi connectivity index (χ2n) is 16.4. The molecule has 12 nitrogen and oxygen atoms in total. The van der Waals surface area contributed by atoms with Crippen LogP contribution >= 0.6 is 0 Å². The molecule has 0 heterocycles. The van der Waals surface area contributed by atoms with Gasteiger partial charge in [0.15, 0.2) is 6.04 Å². The second kappa shape index (κ2) is 28.7. The fraction of sp³-hybridized carbons (Fsp3) is 0.131. The van der Waals surface area contributed by atoms with Crippen LogP contribution in [0.1, 0.15) is 58.0 Å². The molecule has 2 unspecified atom stereocenters. The van der Waals surface area contributed by atoms with Crippen molar-refractivity contribution in [1.82, 2.24) is 4.72 Å². The van der Waals surface area contributed by atoms with Gasteiger partial charge >= 0.3 is 11.9 Å². The van der Waals surface area contributed by atoms with E-state index in [0.717, 1.165) is 44.7 Å². The molecule has 14 heteroatoms. The first-order chi connectivity index (χ1) is 35.8. The van der Waals surface area contributed by atoms with Gasteiger partial charge in [-0.05, 0) is 49.2 Å². The number of carbonyl (C=O) groups is 2. The Kier molecular flexibility index (Phi) is 22.0. The minimum absolute atomic E-state index is 0. The largest absolute Gasteiger partial charge is 0.468 e. The first kappa shape index (κ1) is 57.5. The van der Waals surface area contributed by atoms with Crippen molar-refractivity contribution in [2.75, 3.05) is 20.8 Å². The molecule has 0 spiro atoms. The monoisotopic (exact) mass is 1040 g/mol. The van der Waals surface area contributed by atoms with Crippen molar-refractivity contribution in [2.24, 2.45) is 14.4 Å². The molecule has 384 valence electrons. The van der Waals surface area contributed by atoms with E-state index in [2.05, 4.69) is 18.8 Å². The van der Waals surface area contributed by atoms with Gasteiger partial charge in [-0.15, -0.1) is 0 Å². The highest BCUT2D eigenvalue weighted by Crippen LogP contribution is 2.26. The van der Waals surface area contributed by atoms with Crippen molar-refractivity contribution < 1.29 is 35.9 Å². The van der Waals surface area contributed by atoms with Crippen LogP contribution in [0.2, 0.25) is 0 Å². The number of nitrogens with one attached hydrogen (secondary N) is 1. The number of nitrogens with zero attached hydrogens (tertiary/aromatic N) is 3. The Bertz CT molecular complexity index is 3260. The molecule has 75 heavy (non-hydrogen) atoms. The number of esters is 2. The van der Waals surface area contributed by atoms with E-state index in [-0.39, 0.29) is 29.7 Å². The van der Waals surface area contributed by atoms with Crippen LogP contribution in [0, 0.1) is 13.8 Å². The van der Waals surface area contributed by atoms with Gasteiger partial charge < -0.3 is 9.47 Å². The second-order valence-corrected chi connectivity index (χ2v) is 19.8. The van der Waals surface area contributed by atoms with Crippen LogP contribution in [0.3, 0.4) is 0 Å². The van der Waals surface area contributed by atoms with Crippen molar-refractivity contribution in [1.29, 1.82) is 0 Å². The maximum atomic E-state index is 13.5. The molecule has 8 aromatic rings. The molecule has 0 aromatic heterocycles. The minimum atomic E-state index is -4.00. The number of hydrogen-bond acceptors (Lipinski definition) is 10. The van der Waals surface area contributed by atoms with Gasteiger partial charge in [0.1, 0.15) is 6.54 Å². The summed E-state index contributed by atoms with van der Waals surface area (Å²) in [5.74, 6) is -1.01. The Morgan fingerprint density at radius 3 is 1.31 bits per heavy atom. The van der Waals surface area contributed by atoms with E-state index in [1.165, 1.54) is 32.6 Å². The number of ether oxygens (including phenoxy) is 2. The number of benzene rings is 8. The molecule has 0 aliphatic rings. The minimum Gasteiger partial charge on any atom is -0.468 e. The smallest absolute Gasteiger partial charge is 0.332 e. The average Bonchev–Trinajstić information content (AvgIpc) is 3.44. The third kappa shape index (κ3) is 17.4. The molecule has 8 rings (SSSR count). The van der Waals surface area contributed by atoms with Crippen molar-refractivity contribution in [3.8, 4) is 0 Å². The van der Waals surface area contributed by atoms with Crippen molar-refractivity contribution in [2.45, 2.75) is 43.1 Å². The molecule has 2 atom stereocenters. The summed E-state index contributed by atoms with van der Waals surface area (Å²) in [5.41, 5.74) is 8.18. The Morgan fingerprint density at radius 1 is 0.507 bits per heavy atom. The van der Waals surface area contributed by atoms with Crippen molar-refractivity contribution >= 4 is 49.6 Å². The van der Waals surface area contributed by atoms with Crippen LogP contribution < -0.4 is 4.72 Å². The van der Waals surface area contributed by atoms with Crippen molar-refractivity contribution in [3.05, 3.63) is 275 Å². The van der Waals surface area contributed by atoms with Crippen LogP contribution in [-0.4, -0.2) is 73.2 Å². The van der Waals surface area contributed by atoms with Gasteiger partial charge in [-0.2, -0.15) is 12.8 Å². The SMILES string of the molecule is C.COC(=O)C(N=C(c1ccccc1)c1ccccc1)C(NS(=O)(=O)c1ccc(C)cc1)c1ccccc1.COC(=O)CN=C(c1ccccc1)c1ccccc1.Cc1ccc(S(=O)(=O)N=Cc2ccccc2)cc1. The fourth-order valence-electron chi connectivity index (χ4n) is 7.15. The summed E-state index contributed by atoms with van der Waals surface area (Å²) in [6.07, 6.45) is 1.36. The number of hydrogen-bond donors (Lipinski definition) is 1. The average molecular weight is 1040 g/mol. The number of sulfonamides is 2. The quantitative estimate of drug-likeness (QED) is 0.0736. The van der Waals surface area contributed by atoms with Gasteiger partial charge in [0, 0.05) is 28.5 Å². The fourth-order valence-corrected chi connectivity index (χ4v) is 9.24. The van der Waals surface area contributed by atoms with E-state index in [1.54, 1.807) is 72.8 Å². The standard InChI is InChI=1S/C30H28N2O4S.C16H15NO2.C14H13NO2S.CH4/c1-22-18-20-26(21-19-22)37(34,35)32-28(25-16-10-5-11-17-25)29(30(33)36-2)31-27(23-12-6-3-7-13-23)24-14-8-4-9-15-24;1-19-15(18)12-17-16(13-8-4-2-5-9-13)14-10-6-3-7-11-14;1-12-7-9-14(10-8-12)18(16,17)15-11-13-5-3-2-4-6-13;/h3-21,28-29,32H,1-2H3;2-11H,12H2,1H3;2-11H,1H3;1H4. The predicted molar refractivity (Wildman–Crippen MR) is 300 cm³/mol. The summed E-state index contributed by atoms with van der Waals surface area (Å²) < 4.78 is 66.9. The molecule has 0 aliphatic heterocycles. The molecule has 8 aromatic carbocycles. The Labute approximate surface area is 441 Å². The van der Waals surface area contributed by atoms with Gasteiger partial charge in [-0.25, -0.2) is 17.9 Å². The Balaban J connectivity index is 0.000000230.